The first-order valence-electron chi connectivity index (χ1n) is 6.25. The van der Waals surface area contributed by atoms with Gasteiger partial charge in [-0.3, -0.25) is 0 Å². The van der Waals surface area contributed by atoms with Gasteiger partial charge in [0.1, 0.15) is 21.7 Å². The Kier molecular flexibility index (Phi) is 4.73. The first-order valence-corrected chi connectivity index (χ1v) is 7.05. The van der Waals surface area contributed by atoms with E-state index in [4.69, 9.17) is 13.9 Å². The zero-order valence-electron chi connectivity index (χ0n) is 12.0. The van der Waals surface area contributed by atoms with E-state index in [1.165, 1.54) is 0 Å². The molecule has 1 aromatic carbocycles. The Morgan fingerprint density at radius 3 is 2.45 bits per heavy atom. The van der Waals surface area contributed by atoms with E-state index in [2.05, 4.69) is 21.2 Å². The maximum Gasteiger partial charge on any atom is 0.142 e. The van der Waals surface area contributed by atoms with Crippen LogP contribution in [-0.4, -0.2) is 21.3 Å². The van der Waals surface area contributed by atoms with E-state index in [0.29, 0.717) is 0 Å². The van der Waals surface area contributed by atoms with E-state index < -0.39 is 0 Å². The molecule has 2 rings (SSSR count). The van der Waals surface area contributed by atoms with Crippen molar-refractivity contribution in [2.24, 2.45) is 0 Å². The molecule has 0 radical (unpaired) electrons. The van der Waals surface area contributed by atoms with Crippen LogP contribution in [0.5, 0.6) is 11.5 Å². The van der Waals surface area contributed by atoms with Crippen LogP contribution in [0.2, 0.25) is 0 Å². The molecule has 1 unspecified atom stereocenters. The Balaban J connectivity index is 2.56. The van der Waals surface area contributed by atoms with Gasteiger partial charge in [-0.2, -0.15) is 0 Å². The highest BCUT2D eigenvalue weighted by Gasteiger charge is 2.24. The third kappa shape index (κ3) is 2.55. The first-order chi connectivity index (χ1) is 9.63. The highest BCUT2D eigenvalue weighted by Crippen LogP contribution is 2.41. The summed E-state index contributed by atoms with van der Waals surface area (Å²) in [5.74, 6) is 2.35. The molecular weight excluding hydrogens is 322 g/mol. The average Bonchev–Trinajstić information content (AvgIpc) is 2.86. The van der Waals surface area contributed by atoms with Gasteiger partial charge in [-0.15, -0.1) is 0 Å². The predicted octanol–water partition coefficient (Wildman–Crippen LogP) is 3.68. The summed E-state index contributed by atoms with van der Waals surface area (Å²) in [6.45, 7) is 2.02. The summed E-state index contributed by atoms with van der Waals surface area (Å²) in [5, 5.41) is 3.27. The largest absolute Gasteiger partial charge is 0.495 e. The number of ether oxygens (including phenoxy) is 2. The third-order valence-corrected chi connectivity index (χ3v) is 4.03. The van der Waals surface area contributed by atoms with Crippen LogP contribution < -0.4 is 14.8 Å². The molecule has 0 saturated heterocycles. The zero-order chi connectivity index (χ0) is 14.7. The second-order valence-corrected chi connectivity index (χ2v) is 5.19. The molecule has 1 aromatic heterocycles. The number of benzene rings is 1. The lowest BCUT2D eigenvalue weighted by molar-refractivity contribution is 0.378. The van der Waals surface area contributed by atoms with Crippen LogP contribution in [0, 0.1) is 6.92 Å². The number of hydrogen-bond acceptors (Lipinski definition) is 4. The molecule has 5 heteroatoms. The maximum absolute atomic E-state index is 5.60. The molecule has 1 heterocycles. The normalized spacial score (nSPS) is 12.2. The van der Waals surface area contributed by atoms with Crippen molar-refractivity contribution >= 4 is 15.9 Å². The Morgan fingerprint density at radius 1 is 1.20 bits per heavy atom. The SMILES string of the molecule is CNC(c1ccc(OC)c(Br)c1OC)c1occc1C. The van der Waals surface area contributed by atoms with Crippen molar-refractivity contribution in [1.29, 1.82) is 0 Å². The minimum absolute atomic E-state index is 0.0813. The van der Waals surface area contributed by atoms with Crippen molar-refractivity contribution in [3.63, 3.8) is 0 Å². The van der Waals surface area contributed by atoms with Gasteiger partial charge in [0.15, 0.2) is 0 Å². The summed E-state index contributed by atoms with van der Waals surface area (Å²) >= 11 is 3.52. The number of halogens is 1. The van der Waals surface area contributed by atoms with E-state index >= 15 is 0 Å². The zero-order valence-corrected chi connectivity index (χ0v) is 13.6. The van der Waals surface area contributed by atoms with Gasteiger partial charge in [-0.25, -0.2) is 0 Å². The number of hydrogen-bond donors (Lipinski definition) is 1. The van der Waals surface area contributed by atoms with Crippen molar-refractivity contribution in [2.75, 3.05) is 21.3 Å². The standard InChI is InChI=1S/C15H18BrNO3/c1-9-7-8-20-14(9)13(17-2)10-5-6-11(18-3)12(16)15(10)19-4/h5-8,13,17H,1-4H3. The number of aryl methyl sites for hydroxylation is 1. The molecule has 20 heavy (non-hydrogen) atoms. The van der Waals surface area contributed by atoms with Crippen LogP contribution in [0.4, 0.5) is 0 Å². The van der Waals surface area contributed by atoms with E-state index in [9.17, 15) is 0 Å². The molecule has 0 aliphatic heterocycles. The monoisotopic (exact) mass is 339 g/mol. The lowest BCUT2D eigenvalue weighted by Gasteiger charge is -2.20. The Hall–Kier alpha value is -1.46. The van der Waals surface area contributed by atoms with Gasteiger partial charge in [0.05, 0.1) is 26.5 Å². The maximum atomic E-state index is 5.60. The Bertz CT molecular complexity index is 595. The fourth-order valence-corrected chi connectivity index (χ4v) is 2.94. The van der Waals surface area contributed by atoms with E-state index in [0.717, 1.165) is 32.9 Å². The lowest BCUT2D eigenvalue weighted by Crippen LogP contribution is -2.19. The molecule has 0 aliphatic carbocycles. The molecule has 1 N–H and O–H groups in total. The van der Waals surface area contributed by atoms with Gasteiger partial charge in [0, 0.05) is 5.56 Å². The van der Waals surface area contributed by atoms with Gasteiger partial charge >= 0.3 is 0 Å². The summed E-state index contributed by atoms with van der Waals surface area (Å²) in [5.41, 5.74) is 2.08. The van der Waals surface area contributed by atoms with Crippen LogP contribution in [0.15, 0.2) is 33.4 Å². The second-order valence-electron chi connectivity index (χ2n) is 4.39. The van der Waals surface area contributed by atoms with Crippen molar-refractivity contribution in [3.8, 4) is 11.5 Å². The summed E-state index contributed by atoms with van der Waals surface area (Å²) in [4.78, 5) is 0. The predicted molar refractivity (Wildman–Crippen MR) is 81.6 cm³/mol. The molecule has 0 amide bonds. The molecule has 0 bridgehead atoms. The minimum Gasteiger partial charge on any atom is -0.495 e. The van der Waals surface area contributed by atoms with Gasteiger partial charge < -0.3 is 19.2 Å². The van der Waals surface area contributed by atoms with Crippen molar-refractivity contribution in [3.05, 3.63) is 45.8 Å². The molecule has 0 spiro atoms. The summed E-state index contributed by atoms with van der Waals surface area (Å²) < 4.78 is 17.2. The van der Waals surface area contributed by atoms with Crippen molar-refractivity contribution < 1.29 is 13.9 Å². The third-order valence-electron chi connectivity index (χ3n) is 3.28. The van der Waals surface area contributed by atoms with Crippen LogP contribution in [0.25, 0.3) is 0 Å². The fraction of sp³-hybridized carbons (Fsp3) is 0.333. The number of nitrogens with one attached hydrogen (secondary N) is 1. The quantitative estimate of drug-likeness (QED) is 0.902. The summed E-state index contributed by atoms with van der Waals surface area (Å²) in [7, 11) is 5.17. The highest BCUT2D eigenvalue weighted by atomic mass is 79.9. The fourth-order valence-electron chi connectivity index (χ4n) is 2.25. The molecule has 0 saturated carbocycles. The molecule has 2 aromatic rings. The number of furan rings is 1. The Labute approximate surface area is 127 Å². The Morgan fingerprint density at radius 2 is 1.95 bits per heavy atom. The van der Waals surface area contributed by atoms with Gasteiger partial charge in [0.2, 0.25) is 0 Å². The first kappa shape index (κ1) is 14.9. The molecule has 0 fully saturated rings. The van der Waals surface area contributed by atoms with Gasteiger partial charge in [-0.1, -0.05) is 0 Å². The van der Waals surface area contributed by atoms with E-state index in [-0.39, 0.29) is 6.04 Å². The van der Waals surface area contributed by atoms with Crippen molar-refractivity contribution in [2.45, 2.75) is 13.0 Å². The van der Waals surface area contributed by atoms with Crippen LogP contribution >= 0.6 is 15.9 Å². The van der Waals surface area contributed by atoms with Gasteiger partial charge in [-0.05, 0) is 53.7 Å². The van der Waals surface area contributed by atoms with Crippen molar-refractivity contribution in [1.82, 2.24) is 5.32 Å². The van der Waals surface area contributed by atoms with E-state index in [1.54, 1.807) is 20.5 Å². The van der Waals surface area contributed by atoms with Crippen LogP contribution in [0.1, 0.15) is 22.9 Å². The average molecular weight is 340 g/mol. The topological polar surface area (TPSA) is 43.6 Å². The minimum atomic E-state index is -0.0813. The molecule has 4 nitrogen and oxygen atoms in total. The smallest absolute Gasteiger partial charge is 0.142 e. The highest BCUT2D eigenvalue weighted by molar-refractivity contribution is 9.10. The lowest BCUT2D eigenvalue weighted by atomic mass is 10.0. The van der Waals surface area contributed by atoms with Crippen LogP contribution in [-0.2, 0) is 0 Å². The molecule has 108 valence electrons. The summed E-state index contributed by atoms with van der Waals surface area (Å²) in [6.07, 6.45) is 1.69. The number of rotatable bonds is 5. The van der Waals surface area contributed by atoms with Crippen LogP contribution in [0.3, 0.4) is 0 Å². The second kappa shape index (κ2) is 6.33. The molecule has 1 atom stereocenters. The molecular formula is C15H18BrNO3. The van der Waals surface area contributed by atoms with Gasteiger partial charge in [0.25, 0.3) is 0 Å². The molecule has 0 aliphatic rings. The number of methoxy groups -OCH3 is 2. The summed E-state index contributed by atoms with van der Waals surface area (Å²) in [6, 6.07) is 5.75. The van der Waals surface area contributed by atoms with E-state index in [1.807, 2.05) is 32.2 Å².